The van der Waals surface area contributed by atoms with Crippen LogP contribution in [0.5, 0.6) is 0 Å². The summed E-state index contributed by atoms with van der Waals surface area (Å²) in [6.07, 6.45) is 1.74. The van der Waals surface area contributed by atoms with Crippen molar-refractivity contribution in [3.63, 3.8) is 0 Å². The maximum atomic E-state index is 5.94. The van der Waals surface area contributed by atoms with Gasteiger partial charge in [-0.25, -0.2) is 0 Å². The highest BCUT2D eigenvalue weighted by Crippen LogP contribution is 2.30. The standard InChI is InChI=1S/C18H18N2O/c1-13-6-5-7-14(12-13)10-11-16-17(18(19)21-20-16)15-8-3-2-4-9-15/h2-9,12H,10-11,19H2,1H3. The highest BCUT2D eigenvalue weighted by atomic mass is 16.5. The quantitative estimate of drug-likeness (QED) is 0.784. The molecule has 3 heteroatoms. The molecule has 1 heterocycles. The van der Waals surface area contributed by atoms with Gasteiger partial charge in [0.25, 0.3) is 0 Å². The number of hydrogen-bond acceptors (Lipinski definition) is 3. The van der Waals surface area contributed by atoms with Gasteiger partial charge >= 0.3 is 0 Å². The fourth-order valence-corrected chi connectivity index (χ4v) is 2.55. The molecule has 0 atom stereocenters. The molecule has 0 radical (unpaired) electrons. The number of nitrogens with zero attached hydrogens (tertiary/aromatic N) is 1. The van der Waals surface area contributed by atoms with Crippen LogP contribution in [0.2, 0.25) is 0 Å². The Morgan fingerprint density at radius 2 is 1.81 bits per heavy atom. The van der Waals surface area contributed by atoms with E-state index in [2.05, 4.69) is 36.3 Å². The van der Waals surface area contributed by atoms with Gasteiger partial charge in [-0.3, -0.25) is 0 Å². The number of nitrogens with two attached hydrogens (primary N) is 1. The Labute approximate surface area is 124 Å². The summed E-state index contributed by atoms with van der Waals surface area (Å²) in [4.78, 5) is 0. The normalized spacial score (nSPS) is 10.7. The number of hydrogen-bond donors (Lipinski definition) is 1. The maximum absolute atomic E-state index is 5.94. The Morgan fingerprint density at radius 3 is 2.57 bits per heavy atom. The molecule has 0 spiro atoms. The fourth-order valence-electron chi connectivity index (χ4n) is 2.55. The average Bonchev–Trinajstić information content (AvgIpc) is 2.87. The molecule has 1 aromatic heterocycles. The van der Waals surface area contributed by atoms with Gasteiger partial charge < -0.3 is 10.3 Å². The molecule has 0 fully saturated rings. The van der Waals surface area contributed by atoms with Gasteiger partial charge in [0, 0.05) is 0 Å². The first-order chi connectivity index (χ1) is 10.2. The molecule has 2 aromatic carbocycles. The van der Waals surface area contributed by atoms with Crippen molar-refractivity contribution in [2.75, 3.05) is 5.73 Å². The minimum absolute atomic E-state index is 0.389. The summed E-state index contributed by atoms with van der Waals surface area (Å²) >= 11 is 0. The molecule has 0 saturated heterocycles. The van der Waals surface area contributed by atoms with Crippen LogP contribution in [-0.2, 0) is 12.8 Å². The lowest BCUT2D eigenvalue weighted by Gasteiger charge is -2.04. The number of nitrogen functional groups attached to an aromatic ring is 1. The van der Waals surface area contributed by atoms with E-state index in [1.807, 2.05) is 30.3 Å². The molecule has 0 aliphatic rings. The smallest absolute Gasteiger partial charge is 0.230 e. The zero-order valence-corrected chi connectivity index (χ0v) is 12.0. The number of anilines is 1. The zero-order chi connectivity index (χ0) is 14.7. The second-order valence-electron chi connectivity index (χ2n) is 5.22. The van der Waals surface area contributed by atoms with Crippen molar-refractivity contribution in [3.8, 4) is 11.1 Å². The van der Waals surface area contributed by atoms with Crippen molar-refractivity contribution < 1.29 is 4.52 Å². The second-order valence-corrected chi connectivity index (χ2v) is 5.22. The van der Waals surface area contributed by atoms with Crippen LogP contribution in [-0.4, -0.2) is 5.16 Å². The predicted molar refractivity (Wildman–Crippen MR) is 84.9 cm³/mol. The lowest BCUT2D eigenvalue weighted by Crippen LogP contribution is -1.95. The molecule has 0 bridgehead atoms. The van der Waals surface area contributed by atoms with E-state index in [1.54, 1.807) is 0 Å². The van der Waals surface area contributed by atoms with Crippen LogP contribution in [0.15, 0.2) is 59.1 Å². The summed E-state index contributed by atoms with van der Waals surface area (Å²) in [6, 6.07) is 18.5. The van der Waals surface area contributed by atoms with E-state index in [0.29, 0.717) is 5.88 Å². The van der Waals surface area contributed by atoms with Gasteiger partial charge in [0.1, 0.15) is 0 Å². The maximum Gasteiger partial charge on any atom is 0.230 e. The van der Waals surface area contributed by atoms with E-state index in [0.717, 1.165) is 29.7 Å². The molecule has 3 nitrogen and oxygen atoms in total. The van der Waals surface area contributed by atoms with Crippen LogP contribution in [0.4, 0.5) is 5.88 Å². The van der Waals surface area contributed by atoms with E-state index >= 15 is 0 Å². The van der Waals surface area contributed by atoms with E-state index in [-0.39, 0.29) is 0 Å². The first-order valence-electron chi connectivity index (χ1n) is 7.09. The Bertz CT molecular complexity index is 732. The number of aromatic nitrogens is 1. The van der Waals surface area contributed by atoms with Crippen molar-refractivity contribution in [3.05, 3.63) is 71.4 Å². The van der Waals surface area contributed by atoms with Crippen molar-refractivity contribution in [2.24, 2.45) is 0 Å². The molecule has 2 N–H and O–H groups in total. The third-order valence-electron chi connectivity index (χ3n) is 3.58. The highest BCUT2D eigenvalue weighted by Gasteiger charge is 2.15. The van der Waals surface area contributed by atoms with Gasteiger partial charge in [-0.1, -0.05) is 65.3 Å². The molecule has 106 valence electrons. The molecule has 0 unspecified atom stereocenters. The summed E-state index contributed by atoms with van der Waals surface area (Å²) in [5, 5.41) is 4.13. The van der Waals surface area contributed by atoms with Crippen LogP contribution < -0.4 is 5.73 Å². The van der Waals surface area contributed by atoms with E-state index in [9.17, 15) is 0 Å². The van der Waals surface area contributed by atoms with Crippen molar-refractivity contribution in [2.45, 2.75) is 19.8 Å². The molecule has 0 amide bonds. The first-order valence-corrected chi connectivity index (χ1v) is 7.09. The van der Waals surface area contributed by atoms with E-state index < -0.39 is 0 Å². The first kappa shape index (κ1) is 13.4. The molecule has 0 saturated carbocycles. The number of aryl methyl sites for hydroxylation is 3. The largest absolute Gasteiger partial charge is 0.367 e. The van der Waals surface area contributed by atoms with Crippen molar-refractivity contribution >= 4 is 5.88 Å². The summed E-state index contributed by atoms with van der Waals surface area (Å²) in [6.45, 7) is 2.10. The monoisotopic (exact) mass is 278 g/mol. The van der Waals surface area contributed by atoms with Crippen LogP contribution in [0.3, 0.4) is 0 Å². The number of rotatable bonds is 4. The molecular formula is C18H18N2O. The van der Waals surface area contributed by atoms with Gasteiger partial charge in [0.05, 0.1) is 11.3 Å². The van der Waals surface area contributed by atoms with Crippen LogP contribution >= 0.6 is 0 Å². The fraction of sp³-hybridized carbons (Fsp3) is 0.167. The van der Waals surface area contributed by atoms with Gasteiger partial charge in [-0.2, -0.15) is 0 Å². The minimum atomic E-state index is 0.389. The third-order valence-corrected chi connectivity index (χ3v) is 3.58. The van der Waals surface area contributed by atoms with Crippen molar-refractivity contribution in [1.29, 1.82) is 0 Å². The lowest BCUT2D eigenvalue weighted by molar-refractivity contribution is 0.427. The zero-order valence-electron chi connectivity index (χ0n) is 12.0. The molecule has 0 aliphatic heterocycles. The third kappa shape index (κ3) is 2.97. The Balaban J connectivity index is 1.84. The molecule has 3 rings (SSSR count). The molecular weight excluding hydrogens is 260 g/mol. The van der Waals surface area contributed by atoms with Crippen molar-refractivity contribution in [1.82, 2.24) is 5.16 Å². The minimum Gasteiger partial charge on any atom is -0.367 e. The van der Waals surface area contributed by atoms with Crippen LogP contribution in [0, 0.1) is 6.92 Å². The van der Waals surface area contributed by atoms with Gasteiger partial charge in [-0.05, 0) is 30.9 Å². The van der Waals surface area contributed by atoms with Gasteiger partial charge in [0.15, 0.2) is 0 Å². The van der Waals surface area contributed by atoms with Gasteiger partial charge in [0.2, 0.25) is 5.88 Å². The molecule has 3 aromatic rings. The average molecular weight is 278 g/mol. The SMILES string of the molecule is Cc1cccc(CCc2noc(N)c2-c2ccccc2)c1. The summed E-state index contributed by atoms with van der Waals surface area (Å²) in [5.74, 6) is 0.389. The van der Waals surface area contributed by atoms with Crippen LogP contribution in [0.1, 0.15) is 16.8 Å². The Kier molecular flexibility index (Phi) is 3.73. The van der Waals surface area contributed by atoms with E-state index in [4.69, 9.17) is 10.3 Å². The topological polar surface area (TPSA) is 52.0 Å². The lowest BCUT2D eigenvalue weighted by atomic mass is 10.0. The summed E-state index contributed by atoms with van der Waals surface area (Å²) in [7, 11) is 0. The summed E-state index contributed by atoms with van der Waals surface area (Å²) < 4.78 is 5.19. The number of benzene rings is 2. The van der Waals surface area contributed by atoms with E-state index in [1.165, 1.54) is 11.1 Å². The molecule has 0 aliphatic carbocycles. The summed E-state index contributed by atoms with van der Waals surface area (Å²) in [5.41, 5.74) is 11.4. The van der Waals surface area contributed by atoms with Gasteiger partial charge in [-0.15, -0.1) is 0 Å². The van der Waals surface area contributed by atoms with Crippen LogP contribution in [0.25, 0.3) is 11.1 Å². The Hall–Kier alpha value is -2.55. The highest BCUT2D eigenvalue weighted by molar-refractivity contribution is 5.74. The predicted octanol–water partition coefficient (Wildman–Crippen LogP) is 4.02. The second kappa shape index (κ2) is 5.83. The molecule has 21 heavy (non-hydrogen) atoms. The Morgan fingerprint density at radius 1 is 1.00 bits per heavy atom.